The molecule has 8 heteroatoms. The Kier molecular flexibility index (Phi) is 4.68. The van der Waals surface area contributed by atoms with E-state index in [1.54, 1.807) is 6.92 Å². The number of aliphatic imine (C=N–C) groups is 1. The standard InChI is InChI=1S/C12H14N4O4/c1-3-7(11(13)14-4-2)15-12(19)8-5-9(17)10(18)6-16(8)20/h3-6,18,20H,2H2,1H3,(H2,13,14)(H,15,19)/b7-3+. The van der Waals surface area contributed by atoms with Gasteiger partial charge in [0, 0.05) is 12.3 Å². The molecule has 5 N–H and O–H groups in total. The number of pyridine rings is 1. The van der Waals surface area contributed by atoms with Gasteiger partial charge in [-0.1, -0.05) is 12.7 Å². The van der Waals surface area contributed by atoms with Crippen molar-refractivity contribution < 1.29 is 15.1 Å². The third-order valence-electron chi connectivity index (χ3n) is 2.29. The van der Waals surface area contributed by atoms with Gasteiger partial charge in [0.15, 0.2) is 5.75 Å². The van der Waals surface area contributed by atoms with Crippen molar-refractivity contribution in [1.29, 1.82) is 0 Å². The third kappa shape index (κ3) is 3.25. The zero-order chi connectivity index (χ0) is 15.3. The SMILES string of the molecule is C=CN=C(N)/C(=C\C)NC(=O)c1cc(=O)c(O)cn1O. The van der Waals surface area contributed by atoms with E-state index in [2.05, 4.69) is 16.9 Å². The zero-order valence-corrected chi connectivity index (χ0v) is 10.7. The largest absolute Gasteiger partial charge is 0.503 e. The highest BCUT2D eigenvalue weighted by Crippen LogP contribution is 2.03. The lowest BCUT2D eigenvalue weighted by atomic mass is 10.3. The summed E-state index contributed by atoms with van der Waals surface area (Å²) < 4.78 is 0.334. The fraction of sp³-hybridized carbons (Fsp3) is 0.0833. The summed E-state index contributed by atoms with van der Waals surface area (Å²) in [6, 6.07) is 0.790. The molecule has 0 spiro atoms. The van der Waals surface area contributed by atoms with E-state index in [1.807, 2.05) is 0 Å². The number of rotatable bonds is 4. The van der Waals surface area contributed by atoms with Crippen molar-refractivity contribution >= 4 is 11.7 Å². The number of nitrogens with one attached hydrogen (secondary N) is 1. The summed E-state index contributed by atoms with van der Waals surface area (Å²) in [7, 11) is 0. The van der Waals surface area contributed by atoms with Crippen LogP contribution in [0.15, 0.2) is 46.6 Å². The molecule has 106 valence electrons. The first-order valence-electron chi connectivity index (χ1n) is 5.47. The number of allylic oxidation sites excluding steroid dienone is 1. The van der Waals surface area contributed by atoms with Crippen LogP contribution < -0.4 is 16.5 Å². The van der Waals surface area contributed by atoms with Crippen molar-refractivity contribution in [2.45, 2.75) is 6.92 Å². The highest BCUT2D eigenvalue weighted by Gasteiger charge is 2.15. The summed E-state index contributed by atoms with van der Waals surface area (Å²) >= 11 is 0. The topological polar surface area (TPSA) is 130 Å². The summed E-state index contributed by atoms with van der Waals surface area (Å²) in [5, 5.41) is 21.0. The molecule has 8 nitrogen and oxygen atoms in total. The van der Waals surface area contributed by atoms with Crippen molar-refractivity contribution in [1.82, 2.24) is 10.0 Å². The fourth-order valence-electron chi connectivity index (χ4n) is 1.32. The van der Waals surface area contributed by atoms with E-state index in [-0.39, 0.29) is 17.2 Å². The first-order chi connectivity index (χ1) is 9.40. The van der Waals surface area contributed by atoms with Gasteiger partial charge in [0.25, 0.3) is 5.91 Å². The van der Waals surface area contributed by atoms with E-state index in [0.29, 0.717) is 10.9 Å². The lowest BCUT2D eigenvalue weighted by molar-refractivity contribution is 0.0911. The fourth-order valence-corrected chi connectivity index (χ4v) is 1.32. The summed E-state index contributed by atoms with van der Waals surface area (Å²) in [6.07, 6.45) is 3.40. The second-order valence-corrected chi connectivity index (χ2v) is 3.61. The number of amidine groups is 1. The molecule has 0 saturated carbocycles. The number of carbonyl (C=O) groups excluding carboxylic acids is 1. The van der Waals surface area contributed by atoms with Crippen molar-refractivity contribution in [3.05, 3.63) is 52.7 Å². The smallest absolute Gasteiger partial charge is 0.275 e. The van der Waals surface area contributed by atoms with Crippen LogP contribution in [0.25, 0.3) is 0 Å². The maximum atomic E-state index is 11.9. The van der Waals surface area contributed by atoms with Crippen molar-refractivity contribution in [3.8, 4) is 5.75 Å². The second kappa shape index (κ2) is 6.23. The minimum atomic E-state index is -0.796. The molecule has 0 saturated heterocycles. The molecule has 0 aliphatic heterocycles. The zero-order valence-electron chi connectivity index (χ0n) is 10.7. The van der Waals surface area contributed by atoms with E-state index in [0.717, 1.165) is 6.07 Å². The number of carbonyl (C=O) groups is 1. The van der Waals surface area contributed by atoms with Gasteiger partial charge in [0.1, 0.15) is 11.5 Å². The summed E-state index contributed by atoms with van der Waals surface area (Å²) in [4.78, 5) is 26.9. The van der Waals surface area contributed by atoms with Crippen LogP contribution in [0.4, 0.5) is 0 Å². The quantitative estimate of drug-likeness (QED) is 0.348. The maximum Gasteiger partial charge on any atom is 0.275 e. The molecule has 1 rings (SSSR count). The first kappa shape index (κ1) is 15.0. The van der Waals surface area contributed by atoms with Gasteiger partial charge in [0.2, 0.25) is 5.43 Å². The third-order valence-corrected chi connectivity index (χ3v) is 2.29. The van der Waals surface area contributed by atoms with E-state index in [1.165, 1.54) is 12.3 Å². The van der Waals surface area contributed by atoms with Crippen LogP contribution in [0, 0.1) is 0 Å². The molecular weight excluding hydrogens is 264 g/mol. The Bertz CT molecular complexity index is 658. The number of nitrogens with two attached hydrogens (primary N) is 1. The van der Waals surface area contributed by atoms with Crippen LogP contribution in [-0.2, 0) is 0 Å². The molecule has 1 amide bonds. The van der Waals surface area contributed by atoms with Crippen LogP contribution in [-0.4, -0.2) is 26.8 Å². The highest BCUT2D eigenvalue weighted by molar-refractivity contribution is 6.03. The predicted molar refractivity (Wildman–Crippen MR) is 72.6 cm³/mol. The lowest BCUT2D eigenvalue weighted by Crippen LogP contribution is -2.33. The number of aromatic nitrogens is 1. The molecule has 0 radical (unpaired) electrons. The second-order valence-electron chi connectivity index (χ2n) is 3.61. The molecule has 0 unspecified atom stereocenters. The average Bonchev–Trinajstić information content (AvgIpc) is 2.40. The Hall–Kier alpha value is -3.03. The van der Waals surface area contributed by atoms with Gasteiger partial charge in [-0.15, -0.1) is 0 Å². The van der Waals surface area contributed by atoms with Gasteiger partial charge < -0.3 is 21.4 Å². The van der Waals surface area contributed by atoms with E-state index in [9.17, 15) is 14.8 Å². The molecule has 0 aromatic carbocycles. The minimum absolute atomic E-state index is 0.0152. The first-order valence-corrected chi connectivity index (χ1v) is 5.47. The maximum absolute atomic E-state index is 11.9. The minimum Gasteiger partial charge on any atom is -0.503 e. The van der Waals surface area contributed by atoms with Crippen LogP contribution in [0.2, 0.25) is 0 Å². The highest BCUT2D eigenvalue weighted by atomic mass is 16.5. The predicted octanol–water partition coefficient (Wildman–Crippen LogP) is -0.0745. The van der Waals surface area contributed by atoms with Gasteiger partial charge in [0.05, 0.1) is 11.9 Å². The molecular formula is C12H14N4O4. The number of nitrogens with zero attached hydrogens (tertiary/aromatic N) is 2. The lowest BCUT2D eigenvalue weighted by Gasteiger charge is -2.10. The number of aromatic hydroxyl groups is 1. The summed E-state index contributed by atoms with van der Waals surface area (Å²) in [5.41, 5.74) is 4.61. The number of hydrogen-bond donors (Lipinski definition) is 4. The van der Waals surface area contributed by atoms with Gasteiger partial charge in [-0.25, -0.2) is 4.99 Å². The molecule has 0 aliphatic carbocycles. The van der Waals surface area contributed by atoms with E-state index in [4.69, 9.17) is 10.8 Å². The molecule has 20 heavy (non-hydrogen) atoms. The molecule has 0 aliphatic rings. The van der Waals surface area contributed by atoms with Gasteiger partial charge >= 0.3 is 0 Å². The average molecular weight is 278 g/mol. The Morgan fingerprint density at radius 1 is 1.60 bits per heavy atom. The molecule has 0 atom stereocenters. The van der Waals surface area contributed by atoms with E-state index < -0.39 is 17.1 Å². The van der Waals surface area contributed by atoms with Gasteiger partial charge in [-0.2, -0.15) is 4.73 Å². The number of hydrogen-bond acceptors (Lipinski definition) is 5. The molecule has 1 aromatic heterocycles. The Morgan fingerprint density at radius 3 is 2.80 bits per heavy atom. The van der Waals surface area contributed by atoms with Crippen LogP contribution >= 0.6 is 0 Å². The molecule has 1 aromatic rings. The van der Waals surface area contributed by atoms with Crippen molar-refractivity contribution in [2.75, 3.05) is 0 Å². The van der Waals surface area contributed by atoms with Crippen LogP contribution in [0.3, 0.4) is 0 Å². The van der Waals surface area contributed by atoms with Gasteiger partial charge in [-0.3, -0.25) is 9.59 Å². The Balaban J connectivity index is 3.08. The van der Waals surface area contributed by atoms with Crippen LogP contribution in [0.5, 0.6) is 5.75 Å². The Labute approximate surface area is 114 Å². The van der Waals surface area contributed by atoms with Gasteiger partial charge in [-0.05, 0) is 6.92 Å². The number of amides is 1. The van der Waals surface area contributed by atoms with E-state index >= 15 is 0 Å². The van der Waals surface area contributed by atoms with Crippen molar-refractivity contribution in [2.24, 2.45) is 10.7 Å². The molecule has 0 bridgehead atoms. The summed E-state index contributed by atoms with van der Waals surface area (Å²) in [5.74, 6) is -1.45. The normalized spacial score (nSPS) is 12.1. The Morgan fingerprint density at radius 2 is 2.25 bits per heavy atom. The summed E-state index contributed by atoms with van der Waals surface area (Å²) in [6.45, 7) is 4.98. The monoisotopic (exact) mass is 278 g/mol. The van der Waals surface area contributed by atoms with Crippen LogP contribution in [0.1, 0.15) is 17.4 Å². The molecule has 1 heterocycles. The molecule has 0 fully saturated rings. The van der Waals surface area contributed by atoms with Crippen molar-refractivity contribution in [3.63, 3.8) is 0 Å².